The molecule has 4 aromatic carbocycles. The molecule has 1 aliphatic rings. The van der Waals surface area contributed by atoms with Gasteiger partial charge in [0.25, 0.3) is 0 Å². The Bertz CT molecular complexity index is 1400. The van der Waals surface area contributed by atoms with Gasteiger partial charge in [0.1, 0.15) is 11.5 Å². The van der Waals surface area contributed by atoms with Crippen LogP contribution in [0.5, 0.6) is 11.5 Å². The Labute approximate surface area is 227 Å². The van der Waals surface area contributed by atoms with E-state index in [-0.39, 0.29) is 23.0 Å². The van der Waals surface area contributed by atoms with Gasteiger partial charge in [0.15, 0.2) is 0 Å². The molecular weight excluding hydrogens is 527 g/mol. The third kappa shape index (κ3) is 5.84. The summed E-state index contributed by atoms with van der Waals surface area (Å²) in [7, 11) is -3.70. The van der Waals surface area contributed by atoms with Crippen LogP contribution in [0, 0.1) is 0 Å². The van der Waals surface area contributed by atoms with Crippen molar-refractivity contribution in [2.45, 2.75) is 29.9 Å². The van der Waals surface area contributed by atoms with Crippen molar-refractivity contribution in [1.82, 2.24) is 9.62 Å². The summed E-state index contributed by atoms with van der Waals surface area (Å²) >= 11 is 12.3. The monoisotopic (exact) mass is 552 g/mol. The van der Waals surface area contributed by atoms with Crippen LogP contribution in [0.2, 0.25) is 10.0 Å². The number of likely N-dealkylation sites (tertiary alicyclic amines) is 1. The Hall–Kier alpha value is -2.87. The van der Waals surface area contributed by atoms with Crippen molar-refractivity contribution in [3.8, 4) is 11.5 Å². The molecule has 1 N–H and O–H groups in total. The maximum atomic E-state index is 13.1. The van der Waals surface area contributed by atoms with E-state index in [1.807, 2.05) is 85.8 Å². The predicted octanol–water partition coefficient (Wildman–Crippen LogP) is 6.93. The molecular formula is C29H26Cl2N2O3S. The van der Waals surface area contributed by atoms with Crippen molar-refractivity contribution in [1.29, 1.82) is 0 Å². The molecule has 0 aromatic heterocycles. The Morgan fingerprint density at radius 2 is 1.30 bits per heavy atom. The second kappa shape index (κ2) is 10.9. The van der Waals surface area contributed by atoms with Crippen molar-refractivity contribution < 1.29 is 13.2 Å². The summed E-state index contributed by atoms with van der Waals surface area (Å²) in [6.45, 7) is 2.60. The molecule has 1 saturated heterocycles. The summed E-state index contributed by atoms with van der Waals surface area (Å²) in [6, 6.07) is 31.0. The van der Waals surface area contributed by atoms with Gasteiger partial charge in [-0.2, -0.15) is 0 Å². The second-order valence-corrected chi connectivity index (χ2v) is 11.6. The standard InChI is InChI=1S/C29H26Cl2N2O3S/c1-20-28(32-37(34,35)27-17-15-26(16-18-27)36-25-5-3-2-4-6-25)19-33(20)29(21-7-11-23(30)12-8-21)22-9-13-24(31)14-10-22/h2-18,20,28-29,32H,19H2,1H3/t20-,28+/m0/s1. The lowest BCUT2D eigenvalue weighted by molar-refractivity contribution is 0.0370. The lowest BCUT2D eigenvalue weighted by atomic mass is 9.89. The lowest BCUT2D eigenvalue weighted by Gasteiger charge is -2.50. The van der Waals surface area contributed by atoms with Gasteiger partial charge < -0.3 is 4.74 Å². The number of ether oxygens (including phenoxy) is 1. The van der Waals surface area contributed by atoms with E-state index in [1.54, 1.807) is 24.3 Å². The number of halogens is 2. The number of sulfonamides is 1. The van der Waals surface area contributed by atoms with E-state index in [0.29, 0.717) is 28.1 Å². The smallest absolute Gasteiger partial charge is 0.240 e. The summed E-state index contributed by atoms with van der Waals surface area (Å²) in [5.74, 6) is 1.26. The first kappa shape index (κ1) is 25.8. The fourth-order valence-electron chi connectivity index (χ4n) is 4.56. The first-order chi connectivity index (χ1) is 17.8. The minimum absolute atomic E-state index is 0.0354. The van der Waals surface area contributed by atoms with Gasteiger partial charge in [-0.15, -0.1) is 0 Å². The summed E-state index contributed by atoms with van der Waals surface area (Å²) in [5.41, 5.74) is 2.16. The average molecular weight is 554 g/mol. The topological polar surface area (TPSA) is 58.6 Å². The highest BCUT2D eigenvalue weighted by molar-refractivity contribution is 7.89. The molecule has 0 aliphatic carbocycles. The zero-order valence-corrected chi connectivity index (χ0v) is 22.4. The van der Waals surface area contributed by atoms with Crippen LogP contribution in [0.25, 0.3) is 0 Å². The number of hydrogen-bond acceptors (Lipinski definition) is 4. The van der Waals surface area contributed by atoms with Gasteiger partial charge in [-0.3, -0.25) is 4.90 Å². The third-order valence-electron chi connectivity index (χ3n) is 6.64. The maximum Gasteiger partial charge on any atom is 0.240 e. The van der Waals surface area contributed by atoms with E-state index in [4.69, 9.17) is 27.9 Å². The van der Waals surface area contributed by atoms with Crippen LogP contribution in [0.4, 0.5) is 0 Å². The Morgan fingerprint density at radius 1 is 0.784 bits per heavy atom. The first-order valence-corrected chi connectivity index (χ1v) is 14.2. The van der Waals surface area contributed by atoms with Gasteiger partial charge in [0.2, 0.25) is 10.0 Å². The first-order valence-electron chi connectivity index (χ1n) is 11.9. The van der Waals surface area contributed by atoms with E-state index in [2.05, 4.69) is 9.62 Å². The van der Waals surface area contributed by atoms with E-state index in [1.165, 1.54) is 0 Å². The van der Waals surface area contributed by atoms with Crippen molar-refractivity contribution in [2.75, 3.05) is 6.54 Å². The van der Waals surface area contributed by atoms with Crippen molar-refractivity contribution in [2.24, 2.45) is 0 Å². The van der Waals surface area contributed by atoms with E-state index >= 15 is 0 Å². The highest BCUT2D eigenvalue weighted by Gasteiger charge is 2.42. The molecule has 190 valence electrons. The van der Waals surface area contributed by atoms with Crippen LogP contribution in [-0.4, -0.2) is 31.9 Å². The normalized spacial score (nSPS) is 17.9. The number of nitrogens with one attached hydrogen (secondary N) is 1. The molecule has 0 bridgehead atoms. The maximum absolute atomic E-state index is 13.1. The van der Waals surface area contributed by atoms with Crippen molar-refractivity contribution in [3.63, 3.8) is 0 Å². The van der Waals surface area contributed by atoms with Crippen LogP contribution >= 0.6 is 23.2 Å². The minimum Gasteiger partial charge on any atom is -0.457 e. The third-order valence-corrected chi connectivity index (χ3v) is 8.65. The van der Waals surface area contributed by atoms with Crippen LogP contribution < -0.4 is 9.46 Å². The molecule has 1 fully saturated rings. The molecule has 0 amide bonds. The van der Waals surface area contributed by atoms with Gasteiger partial charge in [-0.1, -0.05) is 65.7 Å². The zero-order chi connectivity index (χ0) is 26.0. The quantitative estimate of drug-likeness (QED) is 0.257. The van der Waals surface area contributed by atoms with E-state index in [0.717, 1.165) is 11.1 Å². The van der Waals surface area contributed by atoms with Crippen molar-refractivity contribution in [3.05, 3.63) is 124 Å². The second-order valence-electron chi connectivity index (χ2n) is 9.06. The fourth-order valence-corrected chi connectivity index (χ4v) is 6.11. The van der Waals surface area contributed by atoms with Gasteiger partial charge >= 0.3 is 0 Å². The molecule has 1 aliphatic heterocycles. The Balaban J connectivity index is 1.29. The van der Waals surface area contributed by atoms with E-state index in [9.17, 15) is 8.42 Å². The Morgan fingerprint density at radius 3 is 1.81 bits per heavy atom. The summed E-state index contributed by atoms with van der Waals surface area (Å²) in [4.78, 5) is 2.47. The van der Waals surface area contributed by atoms with Crippen LogP contribution in [0.3, 0.4) is 0 Å². The lowest BCUT2D eigenvalue weighted by Crippen LogP contribution is -2.66. The summed E-state index contributed by atoms with van der Waals surface area (Å²) in [5, 5.41) is 1.34. The molecule has 2 atom stereocenters. The average Bonchev–Trinajstić information content (AvgIpc) is 2.90. The van der Waals surface area contributed by atoms with Crippen LogP contribution in [0.1, 0.15) is 24.1 Å². The number of hydrogen-bond donors (Lipinski definition) is 1. The van der Waals surface area contributed by atoms with Gasteiger partial charge in [0.05, 0.1) is 17.0 Å². The number of rotatable bonds is 8. The molecule has 0 saturated carbocycles. The van der Waals surface area contributed by atoms with Crippen LogP contribution in [-0.2, 0) is 10.0 Å². The molecule has 5 nitrogen and oxygen atoms in total. The molecule has 4 aromatic rings. The highest BCUT2D eigenvalue weighted by Crippen LogP contribution is 2.37. The number of benzene rings is 4. The molecule has 0 unspecified atom stereocenters. The SMILES string of the molecule is C[C@H]1[C@H](NS(=O)(=O)c2ccc(Oc3ccccc3)cc2)CN1C(c1ccc(Cl)cc1)c1ccc(Cl)cc1. The molecule has 5 rings (SSSR count). The van der Waals surface area contributed by atoms with E-state index < -0.39 is 10.0 Å². The highest BCUT2D eigenvalue weighted by atomic mass is 35.5. The number of para-hydroxylation sites is 1. The van der Waals surface area contributed by atoms with Crippen LogP contribution in [0.15, 0.2) is 108 Å². The largest absolute Gasteiger partial charge is 0.457 e. The minimum atomic E-state index is -3.70. The molecule has 8 heteroatoms. The van der Waals surface area contributed by atoms with Gasteiger partial charge in [-0.25, -0.2) is 13.1 Å². The summed E-state index contributed by atoms with van der Waals surface area (Å²) in [6.07, 6.45) is 0. The molecule has 0 spiro atoms. The molecule has 1 heterocycles. The predicted molar refractivity (Wildman–Crippen MR) is 148 cm³/mol. The zero-order valence-electron chi connectivity index (χ0n) is 20.1. The van der Waals surface area contributed by atoms with Gasteiger partial charge in [-0.05, 0) is 78.7 Å². The van der Waals surface area contributed by atoms with Crippen molar-refractivity contribution >= 4 is 33.2 Å². The summed E-state index contributed by atoms with van der Waals surface area (Å²) < 4.78 is 34.9. The molecule has 37 heavy (non-hydrogen) atoms. The Kier molecular flexibility index (Phi) is 7.56. The fraction of sp³-hybridized carbons (Fsp3) is 0.172. The molecule has 0 radical (unpaired) electrons. The number of nitrogens with zero attached hydrogens (tertiary/aromatic N) is 1. The van der Waals surface area contributed by atoms with Gasteiger partial charge in [0, 0.05) is 22.6 Å².